The van der Waals surface area contributed by atoms with E-state index < -0.39 is 17.5 Å². The Balaban J connectivity index is 2.04. The number of hydrogen-bond donors (Lipinski definition) is 1. The summed E-state index contributed by atoms with van der Waals surface area (Å²) in [4.78, 5) is 0. The first-order chi connectivity index (χ1) is 7.50. The molecule has 1 aromatic rings. The molecular formula is C12H14F3N. The lowest BCUT2D eigenvalue weighted by Crippen LogP contribution is -2.47. The maximum absolute atomic E-state index is 12.9. The molecule has 1 nitrogen and oxygen atoms in total. The lowest BCUT2D eigenvalue weighted by atomic mass is 9.78. The van der Waals surface area contributed by atoms with Crippen molar-refractivity contribution in [3.8, 4) is 0 Å². The van der Waals surface area contributed by atoms with Crippen molar-refractivity contribution in [3.63, 3.8) is 0 Å². The summed E-state index contributed by atoms with van der Waals surface area (Å²) in [5, 5.41) is 3.23. The zero-order valence-corrected chi connectivity index (χ0v) is 9.12. The Hall–Kier alpha value is -1.03. The zero-order valence-electron chi connectivity index (χ0n) is 9.12. The Bertz CT molecular complexity index is 376. The van der Waals surface area contributed by atoms with Crippen LogP contribution in [0.1, 0.15) is 31.7 Å². The van der Waals surface area contributed by atoms with E-state index in [4.69, 9.17) is 0 Å². The van der Waals surface area contributed by atoms with Crippen LogP contribution < -0.4 is 5.32 Å². The minimum Gasteiger partial charge on any atom is -0.307 e. The van der Waals surface area contributed by atoms with Crippen molar-refractivity contribution in [1.82, 2.24) is 5.32 Å². The first kappa shape index (κ1) is 11.5. The Kier molecular flexibility index (Phi) is 2.93. The quantitative estimate of drug-likeness (QED) is 0.785. The topological polar surface area (TPSA) is 12.0 Å². The second-order valence-corrected chi connectivity index (χ2v) is 4.64. The first-order valence-corrected chi connectivity index (χ1v) is 5.39. The standard InChI is InChI=1S/C12H14F3N/c1-12(3-2-4-12)16-7-8-5-9(13)11(15)10(14)6-8/h5-6,16H,2-4,7H2,1H3. The molecule has 1 aliphatic carbocycles. The van der Waals surface area contributed by atoms with E-state index in [1.807, 2.05) is 0 Å². The molecule has 1 aromatic carbocycles. The van der Waals surface area contributed by atoms with Crippen molar-refractivity contribution >= 4 is 0 Å². The van der Waals surface area contributed by atoms with Crippen LogP contribution in [0.4, 0.5) is 13.2 Å². The Morgan fingerprint density at radius 3 is 2.19 bits per heavy atom. The Morgan fingerprint density at radius 1 is 1.19 bits per heavy atom. The highest BCUT2D eigenvalue weighted by molar-refractivity contribution is 5.19. The summed E-state index contributed by atoms with van der Waals surface area (Å²) in [5.41, 5.74) is 0.506. The van der Waals surface area contributed by atoms with Gasteiger partial charge >= 0.3 is 0 Å². The van der Waals surface area contributed by atoms with Crippen LogP contribution in [0.2, 0.25) is 0 Å². The van der Waals surface area contributed by atoms with E-state index in [0.29, 0.717) is 12.1 Å². The van der Waals surface area contributed by atoms with Gasteiger partial charge in [0, 0.05) is 12.1 Å². The van der Waals surface area contributed by atoms with Gasteiger partial charge in [0.2, 0.25) is 0 Å². The summed E-state index contributed by atoms with van der Waals surface area (Å²) >= 11 is 0. The van der Waals surface area contributed by atoms with Crippen LogP contribution in [-0.4, -0.2) is 5.54 Å². The summed E-state index contributed by atoms with van der Waals surface area (Å²) < 4.78 is 38.5. The van der Waals surface area contributed by atoms with Gasteiger partial charge in [0.25, 0.3) is 0 Å². The third-order valence-corrected chi connectivity index (χ3v) is 3.22. The molecule has 1 saturated carbocycles. The second kappa shape index (κ2) is 4.09. The Labute approximate surface area is 92.7 Å². The third kappa shape index (κ3) is 2.21. The van der Waals surface area contributed by atoms with Crippen LogP contribution in [0.3, 0.4) is 0 Å². The van der Waals surface area contributed by atoms with E-state index in [-0.39, 0.29) is 5.54 Å². The second-order valence-electron chi connectivity index (χ2n) is 4.64. The highest BCUT2D eigenvalue weighted by atomic mass is 19.2. The van der Waals surface area contributed by atoms with Crippen molar-refractivity contribution in [3.05, 3.63) is 35.1 Å². The first-order valence-electron chi connectivity index (χ1n) is 5.39. The predicted octanol–water partition coefficient (Wildman–Crippen LogP) is 3.14. The molecule has 4 heteroatoms. The van der Waals surface area contributed by atoms with Gasteiger partial charge in [-0.3, -0.25) is 0 Å². The van der Waals surface area contributed by atoms with E-state index in [2.05, 4.69) is 12.2 Å². The molecule has 0 heterocycles. The predicted molar refractivity (Wildman–Crippen MR) is 55.4 cm³/mol. The van der Waals surface area contributed by atoms with Crippen LogP contribution in [0.25, 0.3) is 0 Å². The molecule has 1 aliphatic rings. The highest BCUT2D eigenvalue weighted by Crippen LogP contribution is 2.31. The van der Waals surface area contributed by atoms with Gasteiger partial charge in [-0.15, -0.1) is 0 Å². The van der Waals surface area contributed by atoms with Gasteiger partial charge in [-0.05, 0) is 43.9 Å². The monoisotopic (exact) mass is 229 g/mol. The average Bonchev–Trinajstić information content (AvgIpc) is 2.20. The lowest BCUT2D eigenvalue weighted by Gasteiger charge is -2.39. The zero-order chi connectivity index (χ0) is 11.8. The lowest BCUT2D eigenvalue weighted by molar-refractivity contribution is 0.206. The fraction of sp³-hybridized carbons (Fsp3) is 0.500. The van der Waals surface area contributed by atoms with Crippen molar-refractivity contribution in [1.29, 1.82) is 0 Å². The molecule has 0 aliphatic heterocycles. The summed E-state index contributed by atoms with van der Waals surface area (Å²) in [6.07, 6.45) is 3.31. The van der Waals surface area contributed by atoms with Crippen LogP contribution in [0.15, 0.2) is 12.1 Å². The molecule has 1 N–H and O–H groups in total. The molecule has 0 spiro atoms. The van der Waals surface area contributed by atoms with E-state index >= 15 is 0 Å². The van der Waals surface area contributed by atoms with Gasteiger partial charge in [-0.1, -0.05) is 0 Å². The molecule has 0 unspecified atom stereocenters. The molecule has 0 radical (unpaired) electrons. The van der Waals surface area contributed by atoms with Crippen molar-refractivity contribution in [2.75, 3.05) is 0 Å². The molecule has 16 heavy (non-hydrogen) atoms. The minimum absolute atomic E-state index is 0.0708. The SMILES string of the molecule is CC1(NCc2cc(F)c(F)c(F)c2)CCC1. The van der Waals surface area contributed by atoms with Gasteiger partial charge in [0.15, 0.2) is 17.5 Å². The fourth-order valence-corrected chi connectivity index (χ4v) is 1.91. The van der Waals surface area contributed by atoms with Crippen molar-refractivity contribution in [2.45, 2.75) is 38.3 Å². The summed E-state index contributed by atoms with van der Waals surface area (Å²) in [6, 6.07) is 2.07. The van der Waals surface area contributed by atoms with Gasteiger partial charge in [-0.2, -0.15) is 0 Å². The van der Waals surface area contributed by atoms with E-state index in [1.165, 1.54) is 6.42 Å². The van der Waals surface area contributed by atoms with Gasteiger partial charge < -0.3 is 5.32 Å². The molecule has 0 saturated heterocycles. The highest BCUT2D eigenvalue weighted by Gasteiger charge is 2.30. The maximum atomic E-state index is 12.9. The molecular weight excluding hydrogens is 215 g/mol. The van der Waals surface area contributed by atoms with Crippen LogP contribution in [-0.2, 0) is 6.54 Å². The summed E-state index contributed by atoms with van der Waals surface area (Å²) in [5.74, 6) is -3.66. The largest absolute Gasteiger partial charge is 0.307 e. The number of hydrogen-bond acceptors (Lipinski definition) is 1. The normalized spacial score (nSPS) is 18.2. The minimum atomic E-state index is -1.40. The van der Waals surface area contributed by atoms with Crippen LogP contribution >= 0.6 is 0 Å². The molecule has 0 aromatic heterocycles. The van der Waals surface area contributed by atoms with Gasteiger partial charge in [-0.25, -0.2) is 13.2 Å². The van der Waals surface area contributed by atoms with E-state index in [1.54, 1.807) is 0 Å². The third-order valence-electron chi connectivity index (χ3n) is 3.22. The fourth-order valence-electron chi connectivity index (χ4n) is 1.91. The molecule has 2 rings (SSSR count). The molecule has 88 valence electrons. The van der Waals surface area contributed by atoms with Gasteiger partial charge in [0.05, 0.1) is 0 Å². The summed E-state index contributed by atoms with van der Waals surface area (Å²) in [7, 11) is 0. The van der Waals surface area contributed by atoms with E-state index in [0.717, 1.165) is 25.0 Å². The molecule has 1 fully saturated rings. The average molecular weight is 229 g/mol. The smallest absolute Gasteiger partial charge is 0.194 e. The maximum Gasteiger partial charge on any atom is 0.194 e. The van der Waals surface area contributed by atoms with E-state index in [9.17, 15) is 13.2 Å². The van der Waals surface area contributed by atoms with Gasteiger partial charge in [0.1, 0.15) is 0 Å². The van der Waals surface area contributed by atoms with Crippen LogP contribution in [0.5, 0.6) is 0 Å². The van der Waals surface area contributed by atoms with Crippen LogP contribution in [0, 0.1) is 17.5 Å². The number of benzene rings is 1. The number of halogens is 3. The number of nitrogens with one attached hydrogen (secondary N) is 1. The Morgan fingerprint density at radius 2 is 1.75 bits per heavy atom. The molecule has 0 bridgehead atoms. The van der Waals surface area contributed by atoms with Crippen molar-refractivity contribution in [2.24, 2.45) is 0 Å². The molecule has 0 atom stereocenters. The number of rotatable bonds is 3. The summed E-state index contributed by atoms with van der Waals surface area (Å²) in [6.45, 7) is 2.44. The van der Waals surface area contributed by atoms with Crippen molar-refractivity contribution < 1.29 is 13.2 Å². The molecule has 0 amide bonds.